The highest BCUT2D eigenvalue weighted by Gasteiger charge is 2.22. The van der Waals surface area contributed by atoms with Gasteiger partial charge in [0.25, 0.3) is 11.5 Å². The Morgan fingerprint density at radius 3 is 2.40 bits per heavy atom. The maximum atomic E-state index is 15.5. The maximum absolute atomic E-state index is 15.5. The fourth-order valence-corrected chi connectivity index (χ4v) is 5.78. The second-order valence-corrected chi connectivity index (χ2v) is 11.3. The summed E-state index contributed by atoms with van der Waals surface area (Å²) >= 11 is 0. The van der Waals surface area contributed by atoms with Gasteiger partial charge in [0.15, 0.2) is 0 Å². The second-order valence-electron chi connectivity index (χ2n) is 11.3. The van der Waals surface area contributed by atoms with Gasteiger partial charge in [-0.15, -0.1) is 0 Å². The van der Waals surface area contributed by atoms with Gasteiger partial charge in [-0.3, -0.25) is 19.0 Å². The Kier molecular flexibility index (Phi) is 9.01. The van der Waals surface area contributed by atoms with Crippen LogP contribution in [-0.2, 0) is 25.4 Å². The summed E-state index contributed by atoms with van der Waals surface area (Å²) in [7, 11) is 4.32. The van der Waals surface area contributed by atoms with Crippen molar-refractivity contribution in [2.75, 3.05) is 19.0 Å². The molecule has 0 spiro atoms. The van der Waals surface area contributed by atoms with E-state index < -0.39 is 23.0 Å². The van der Waals surface area contributed by atoms with E-state index in [4.69, 9.17) is 4.74 Å². The third kappa shape index (κ3) is 6.30. The zero-order chi connectivity index (χ0) is 32.4. The molecule has 3 N–H and O–H groups in total. The number of halogens is 1. The lowest BCUT2D eigenvalue weighted by molar-refractivity contribution is -0.119. The molecular formula is C34H36FN5O5. The molecule has 1 atom stereocenters. The van der Waals surface area contributed by atoms with Gasteiger partial charge in [0.05, 0.1) is 7.11 Å². The van der Waals surface area contributed by atoms with E-state index in [9.17, 15) is 19.2 Å². The number of methoxy groups -OCH3 is 1. The highest BCUT2D eigenvalue weighted by Crippen LogP contribution is 2.37. The first kappa shape index (κ1) is 31.4. The Morgan fingerprint density at radius 2 is 1.71 bits per heavy atom. The smallest absolute Gasteiger partial charge is 0.330 e. The van der Waals surface area contributed by atoms with Crippen LogP contribution in [0.2, 0.25) is 0 Å². The zero-order valence-electron chi connectivity index (χ0n) is 25.9. The van der Waals surface area contributed by atoms with Crippen molar-refractivity contribution < 1.29 is 18.7 Å². The van der Waals surface area contributed by atoms with Gasteiger partial charge >= 0.3 is 5.69 Å². The fraction of sp³-hybridized carbons (Fsp3) is 0.294. The molecule has 0 saturated carbocycles. The number of nitrogens with zero attached hydrogens (tertiary/aromatic N) is 2. The van der Waals surface area contributed by atoms with Crippen LogP contribution in [0.4, 0.5) is 10.1 Å². The normalized spacial score (nSPS) is 14.4. The summed E-state index contributed by atoms with van der Waals surface area (Å²) in [5, 5.41) is 8.95. The molecule has 4 aromatic rings. The Morgan fingerprint density at radius 1 is 1.02 bits per heavy atom. The van der Waals surface area contributed by atoms with E-state index >= 15 is 4.39 Å². The summed E-state index contributed by atoms with van der Waals surface area (Å²) in [6, 6.07) is 14.6. The molecule has 0 aliphatic carbocycles. The molecule has 0 unspecified atom stereocenters. The molecule has 1 saturated heterocycles. The minimum absolute atomic E-state index is 0.0346. The van der Waals surface area contributed by atoms with Gasteiger partial charge in [-0.25, -0.2) is 9.18 Å². The Bertz CT molecular complexity index is 1930. The van der Waals surface area contributed by atoms with Crippen molar-refractivity contribution in [1.29, 1.82) is 0 Å². The van der Waals surface area contributed by atoms with E-state index in [0.717, 1.165) is 38.8 Å². The minimum atomic E-state index is -0.681. The van der Waals surface area contributed by atoms with Crippen molar-refractivity contribution >= 4 is 17.5 Å². The van der Waals surface area contributed by atoms with E-state index in [0.29, 0.717) is 35.5 Å². The number of aryl methyl sites for hydroxylation is 1. The van der Waals surface area contributed by atoms with E-state index in [-0.39, 0.29) is 24.1 Å². The molecule has 1 aliphatic heterocycles. The monoisotopic (exact) mass is 613 g/mol. The molecular weight excluding hydrogens is 577 g/mol. The van der Waals surface area contributed by atoms with Crippen molar-refractivity contribution in [1.82, 2.24) is 19.8 Å². The summed E-state index contributed by atoms with van der Waals surface area (Å²) in [5.74, 6) is -0.569. The summed E-state index contributed by atoms with van der Waals surface area (Å²) in [4.78, 5) is 49.3. The van der Waals surface area contributed by atoms with Gasteiger partial charge in [0, 0.05) is 57.1 Å². The van der Waals surface area contributed by atoms with E-state index in [1.165, 1.54) is 38.0 Å². The Balaban J connectivity index is 1.42. The van der Waals surface area contributed by atoms with Crippen LogP contribution < -0.4 is 31.9 Å². The fourth-order valence-electron chi connectivity index (χ4n) is 5.78. The third-order valence-electron chi connectivity index (χ3n) is 8.36. The largest absolute Gasteiger partial charge is 0.496 e. The van der Waals surface area contributed by atoms with Crippen LogP contribution in [0.3, 0.4) is 0 Å². The standard InChI is InChI=1S/C34H36FN5O5/c1-19-23(21-14-28(35)26(30(15-21)45-5)17-36-16-22-12-13-31(41)37-22)8-6-9-24(19)25-10-7-11-29(20(25)2)38-32(42)27-18-39(3)34(44)40(4)33(27)43/h6-11,14-15,18,22,36H,12-13,16-17H2,1-5H3,(H,37,41)(H,38,42)/t22-/m1/s1. The van der Waals surface area contributed by atoms with E-state index in [1.54, 1.807) is 6.07 Å². The molecule has 45 heavy (non-hydrogen) atoms. The van der Waals surface area contributed by atoms with Crippen LogP contribution in [0.25, 0.3) is 22.3 Å². The first-order valence-corrected chi connectivity index (χ1v) is 14.6. The summed E-state index contributed by atoms with van der Waals surface area (Å²) in [5.41, 5.74) is 4.47. The van der Waals surface area contributed by atoms with Gasteiger partial charge in [-0.2, -0.15) is 0 Å². The average Bonchev–Trinajstić information content (AvgIpc) is 3.44. The molecule has 234 valence electrons. The summed E-state index contributed by atoms with van der Waals surface area (Å²) in [6.07, 6.45) is 2.49. The predicted molar refractivity (Wildman–Crippen MR) is 171 cm³/mol. The summed E-state index contributed by atoms with van der Waals surface area (Å²) in [6.45, 7) is 4.62. The van der Waals surface area contributed by atoms with E-state index in [1.807, 2.05) is 50.2 Å². The number of carbonyl (C=O) groups excluding carboxylic acids is 2. The number of benzene rings is 3. The molecule has 1 fully saturated rings. The number of nitrogens with one attached hydrogen (secondary N) is 3. The van der Waals surface area contributed by atoms with Gasteiger partial charge in [0.1, 0.15) is 17.1 Å². The van der Waals surface area contributed by atoms with Crippen molar-refractivity contribution in [2.45, 2.75) is 39.3 Å². The van der Waals surface area contributed by atoms with Crippen molar-refractivity contribution in [3.63, 3.8) is 0 Å². The number of anilines is 1. The number of rotatable bonds is 9. The minimum Gasteiger partial charge on any atom is -0.496 e. The van der Waals surface area contributed by atoms with Crippen LogP contribution in [-0.4, -0.2) is 40.6 Å². The van der Waals surface area contributed by atoms with Gasteiger partial charge in [-0.05, 0) is 71.8 Å². The number of hydrogen-bond acceptors (Lipinski definition) is 6. The number of carbonyl (C=O) groups is 2. The van der Waals surface area contributed by atoms with Crippen molar-refractivity contribution in [3.8, 4) is 28.0 Å². The molecule has 2 heterocycles. The van der Waals surface area contributed by atoms with Crippen LogP contribution >= 0.6 is 0 Å². The molecule has 1 aromatic heterocycles. The molecule has 5 rings (SSSR count). The maximum Gasteiger partial charge on any atom is 0.330 e. The molecule has 3 aromatic carbocycles. The molecule has 0 radical (unpaired) electrons. The van der Waals surface area contributed by atoms with Crippen molar-refractivity contribution in [3.05, 3.63) is 104 Å². The molecule has 10 nitrogen and oxygen atoms in total. The quantitative estimate of drug-likeness (QED) is 0.264. The first-order chi connectivity index (χ1) is 21.5. The highest BCUT2D eigenvalue weighted by atomic mass is 19.1. The second kappa shape index (κ2) is 12.9. The third-order valence-corrected chi connectivity index (χ3v) is 8.36. The van der Waals surface area contributed by atoms with Gasteiger partial charge < -0.3 is 25.3 Å². The number of aromatic nitrogens is 2. The predicted octanol–water partition coefficient (Wildman–Crippen LogP) is 3.80. The number of amides is 2. The van der Waals surface area contributed by atoms with Crippen LogP contribution in [0, 0.1) is 19.7 Å². The van der Waals surface area contributed by atoms with Gasteiger partial charge in [0.2, 0.25) is 5.91 Å². The average molecular weight is 614 g/mol. The number of ether oxygens (including phenoxy) is 1. The Labute approximate surface area is 259 Å². The lowest BCUT2D eigenvalue weighted by Crippen LogP contribution is -2.40. The number of hydrogen-bond donors (Lipinski definition) is 3. The molecule has 0 bridgehead atoms. The lowest BCUT2D eigenvalue weighted by Gasteiger charge is -2.18. The van der Waals surface area contributed by atoms with E-state index in [2.05, 4.69) is 16.0 Å². The van der Waals surface area contributed by atoms with Crippen LogP contribution in [0.15, 0.2) is 64.3 Å². The molecule has 11 heteroatoms. The topological polar surface area (TPSA) is 123 Å². The molecule has 1 aliphatic rings. The summed E-state index contributed by atoms with van der Waals surface area (Å²) < 4.78 is 23.2. The highest BCUT2D eigenvalue weighted by molar-refractivity contribution is 6.04. The lowest BCUT2D eigenvalue weighted by atomic mass is 9.90. The zero-order valence-corrected chi connectivity index (χ0v) is 25.9. The van der Waals surface area contributed by atoms with Crippen LogP contribution in [0.1, 0.15) is 39.9 Å². The van der Waals surface area contributed by atoms with Crippen LogP contribution in [0.5, 0.6) is 5.75 Å². The molecule has 2 amide bonds. The van der Waals surface area contributed by atoms with Crippen molar-refractivity contribution in [2.24, 2.45) is 14.1 Å². The first-order valence-electron chi connectivity index (χ1n) is 14.6. The SMILES string of the molecule is COc1cc(-c2cccc(-c3cccc(NC(=O)c4cn(C)c(=O)n(C)c4=O)c3C)c2C)cc(F)c1CNC[C@H]1CCC(=O)N1. The van der Waals surface area contributed by atoms with Gasteiger partial charge in [-0.1, -0.05) is 30.3 Å². The Hall–Kier alpha value is -5.03.